The van der Waals surface area contributed by atoms with E-state index in [9.17, 15) is 0 Å². The van der Waals surface area contributed by atoms with Crippen LogP contribution in [-0.2, 0) is 0 Å². The number of hydrogen-bond acceptors (Lipinski definition) is 3. The van der Waals surface area contributed by atoms with Crippen molar-refractivity contribution in [1.82, 2.24) is 9.78 Å². The molecule has 2 aromatic rings. The minimum atomic E-state index is 0.620. The summed E-state index contributed by atoms with van der Waals surface area (Å²) in [5, 5.41) is 10.5. The predicted octanol–water partition coefficient (Wildman–Crippen LogP) is 2.55. The Hall–Kier alpha value is -2.14. The zero-order valence-electron chi connectivity index (χ0n) is 8.97. The van der Waals surface area contributed by atoms with Gasteiger partial charge in [0.2, 0.25) is 0 Å². The van der Waals surface area contributed by atoms with Crippen molar-refractivity contribution in [3.63, 3.8) is 0 Å². The first-order valence-electron chi connectivity index (χ1n) is 5.15. The highest BCUT2D eigenvalue weighted by Crippen LogP contribution is 2.29. The summed E-state index contributed by atoms with van der Waals surface area (Å²) in [6.07, 6.45) is 3.65. The van der Waals surface area contributed by atoms with Gasteiger partial charge < -0.3 is 10.6 Å². The van der Waals surface area contributed by atoms with Gasteiger partial charge in [0, 0.05) is 12.4 Å². The smallest absolute Gasteiger partial charge is 0.126 e. The van der Waals surface area contributed by atoms with Crippen LogP contribution in [0.25, 0.3) is 5.69 Å². The summed E-state index contributed by atoms with van der Waals surface area (Å²) in [5.74, 6) is 0. The van der Waals surface area contributed by atoms with E-state index < -0.39 is 0 Å². The van der Waals surface area contributed by atoms with E-state index in [1.54, 1.807) is 10.9 Å². The molecule has 5 heteroatoms. The average molecular weight is 242 g/mol. The molecule has 1 aromatic carbocycles. The SMILES string of the molecule is C=C1Nc2ccc(-n3cccn3)cc2NC1=S. The topological polar surface area (TPSA) is 41.9 Å². The molecule has 1 aliphatic heterocycles. The number of hydrogen-bond donors (Lipinski definition) is 2. The number of nitrogens with one attached hydrogen (secondary N) is 2. The van der Waals surface area contributed by atoms with E-state index in [0.29, 0.717) is 4.99 Å². The minimum absolute atomic E-state index is 0.620. The molecule has 0 amide bonds. The quantitative estimate of drug-likeness (QED) is 0.595. The number of benzene rings is 1. The maximum absolute atomic E-state index is 5.15. The van der Waals surface area contributed by atoms with Crippen LogP contribution in [0.4, 0.5) is 11.4 Å². The second kappa shape index (κ2) is 3.71. The van der Waals surface area contributed by atoms with Gasteiger partial charge in [-0.05, 0) is 24.3 Å². The van der Waals surface area contributed by atoms with Crippen molar-refractivity contribution in [1.29, 1.82) is 0 Å². The van der Waals surface area contributed by atoms with Gasteiger partial charge in [-0.3, -0.25) is 0 Å². The van der Waals surface area contributed by atoms with Crippen molar-refractivity contribution in [3.05, 3.63) is 48.9 Å². The molecule has 0 unspecified atom stereocenters. The molecule has 0 bridgehead atoms. The highest BCUT2D eigenvalue weighted by atomic mass is 32.1. The molecule has 0 radical (unpaired) electrons. The Morgan fingerprint density at radius 3 is 2.88 bits per heavy atom. The van der Waals surface area contributed by atoms with Gasteiger partial charge >= 0.3 is 0 Å². The fraction of sp³-hybridized carbons (Fsp3) is 0. The Morgan fingerprint density at radius 1 is 1.24 bits per heavy atom. The van der Waals surface area contributed by atoms with Gasteiger partial charge in [-0.15, -0.1) is 0 Å². The van der Waals surface area contributed by atoms with Crippen LogP contribution in [0.3, 0.4) is 0 Å². The third kappa shape index (κ3) is 1.70. The summed E-state index contributed by atoms with van der Waals surface area (Å²) in [5.41, 5.74) is 3.62. The first kappa shape index (κ1) is 10.0. The maximum Gasteiger partial charge on any atom is 0.126 e. The first-order chi connectivity index (χ1) is 8.24. The van der Waals surface area contributed by atoms with E-state index in [-0.39, 0.29) is 0 Å². The highest BCUT2D eigenvalue weighted by Gasteiger charge is 2.15. The molecule has 3 rings (SSSR count). The summed E-state index contributed by atoms with van der Waals surface area (Å²) in [7, 11) is 0. The lowest BCUT2D eigenvalue weighted by atomic mass is 10.2. The van der Waals surface area contributed by atoms with Crippen LogP contribution in [0, 0.1) is 0 Å². The molecule has 17 heavy (non-hydrogen) atoms. The van der Waals surface area contributed by atoms with Crippen LogP contribution in [0.5, 0.6) is 0 Å². The number of nitrogens with zero attached hydrogens (tertiary/aromatic N) is 2. The highest BCUT2D eigenvalue weighted by molar-refractivity contribution is 7.81. The van der Waals surface area contributed by atoms with E-state index in [0.717, 1.165) is 22.8 Å². The monoisotopic (exact) mass is 242 g/mol. The maximum atomic E-state index is 5.15. The van der Waals surface area contributed by atoms with Crippen LogP contribution >= 0.6 is 12.2 Å². The minimum Gasteiger partial charge on any atom is -0.352 e. The van der Waals surface area contributed by atoms with E-state index >= 15 is 0 Å². The molecule has 2 N–H and O–H groups in total. The van der Waals surface area contributed by atoms with Gasteiger partial charge in [0.05, 0.1) is 22.8 Å². The molecule has 0 saturated carbocycles. The summed E-state index contributed by atoms with van der Waals surface area (Å²) in [6, 6.07) is 7.85. The predicted molar refractivity (Wildman–Crippen MR) is 72.5 cm³/mol. The van der Waals surface area contributed by atoms with E-state index in [1.807, 2.05) is 30.5 Å². The molecule has 0 spiro atoms. The van der Waals surface area contributed by atoms with Crippen LogP contribution < -0.4 is 10.6 Å². The van der Waals surface area contributed by atoms with Crippen molar-refractivity contribution < 1.29 is 0 Å². The second-order valence-electron chi connectivity index (χ2n) is 3.74. The lowest BCUT2D eigenvalue weighted by Gasteiger charge is -2.23. The van der Waals surface area contributed by atoms with Crippen molar-refractivity contribution >= 4 is 28.6 Å². The van der Waals surface area contributed by atoms with Crippen LogP contribution in [0.2, 0.25) is 0 Å². The van der Waals surface area contributed by atoms with Crippen LogP contribution in [0.15, 0.2) is 48.9 Å². The Balaban J connectivity index is 2.05. The van der Waals surface area contributed by atoms with Gasteiger partial charge in [-0.1, -0.05) is 18.8 Å². The van der Waals surface area contributed by atoms with E-state index in [4.69, 9.17) is 12.2 Å². The first-order valence-corrected chi connectivity index (χ1v) is 5.56. The van der Waals surface area contributed by atoms with Gasteiger partial charge in [-0.2, -0.15) is 5.10 Å². The Labute approximate surface area is 104 Å². The molecule has 4 nitrogen and oxygen atoms in total. The Bertz CT molecular complexity index is 601. The fourth-order valence-electron chi connectivity index (χ4n) is 1.73. The molecule has 1 aliphatic rings. The molecule has 1 aromatic heterocycles. The number of aromatic nitrogens is 2. The summed E-state index contributed by atoms with van der Waals surface area (Å²) in [6.45, 7) is 3.83. The third-order valence-corrected chi connectivity index (χ3v) is 2.93. The van der Waals surface area contributed by atoms with Gasteiger partial charge in [0.1, 0.15) is 4.99 Å². The molecule has 0 saturated heterocycles. The lowest BCUT2D eigenvalue weighted by Crippen LogP contribution is -2.23. The molecule has 2 heterocycles. The number of fused-ring (bicyclic) bond motifs is 1. The van der Waals surface area contributed by atoms with Crippen LogP contribution in [-0.4, -0.2) is 14.8 Å². The molecular weight excluding hydrogens is 232 g/mol. The largest absolute Gasteiger partial charge is 0.352 e. The van der Waals surface area contributed by atoms with Crippen molar-refractivity contribution in [2.24, 2.45) is 0 Å². The van der Waals surface area contributed by atoms with Crippen molar-refractivity contribution in [2.75, 3.05) is 10.6 Å². The van der Waals surface area contributed by atoms with Crippen LogP contribution in [0.1, 0.15) is 0 Å². The molecule has 84 valence electrons. The van der Waals surface area contributed by atoms with E-state index in [2.05, 4.69) is 22.3 Å². The zero-order chi connectivity index (χ0) is 11.8. The summed E-state index contributed by atoms with van der Waals surface area (Å²) >= 11 is 5.15. The zero-order valence-corrected chi connectivity index (χ0v) is 9.79. The molecular formula is C12H10N4S. The fourth-order valence-corrected chi connectivity index (χ4v) is 1.89. The number of rotatable bonds is 1. The Kier molecular flexibility index (Phi) is 2.19. The van der Waals surface area contributed by atoms with Crippen molar-refractivity contribution in [2.45, 2.75) is 0 Å². The molecule has 0 fully saturated rings. The summed E-state index contributed by atoms with van der Waals surface area (Å²) < 4.78 is 1.80. The standard InChI is InChI=1S/C12H10N4S/c1-8-12(17)15-11-7-9(3-4-10(11)14-8)16-6-2-5-13-16/h2-7,14H,1H2,(H,15,17). The third-order valence-electron chi connectivity index (χ3n) is 2.58. The van der Waals surface area contributed by atoms with Gasteiger partial charge in [-0.25, -0.2) is 4.68 Å². The molecule has 0 atom stereocenters. The lowest BCUT2D eigenvalue weighted by molar-refractivity contribution is 0.881. The van der Waals surface area contributed by atoms with E-state index in [1.165, 1.54) is 0 Å². The van der Waals surface area contributed by atoms with Gasteiger partial charge in [0.25, 0.3) is 0 Å². The normalized spacial score (nSPS) is 13.9. The van der Waals surface area contributed by atoms with Gasteiger partial charge in [0.15, 0.2) is 0 Å². The summed E-state index contributed by atoms with van der Waals surface area (Å²) in [4.78, 5) is 0.620. The second-order valence-corrected chi connectivity index (χ2v) is 4.15. The Morgan fingerprint density at radius 2 is 2.12 bits per heavy atom. The number of thiocarbonyl (C=S) groups is 1. The molecule has 0 aliphatic carbocycles. The van der Waals surface area contributed by atoms with Crippen molar-refractivity contribution in [3.8, 4) is 5.69 Å². The number of anilines is 2. The average Bonchev–Trinajstić information content (AvgIpc) is 2.83.